The molecule has 3 heteroatoms. The van der Waals surface area contributed by atoms with E-state index in [1.807, 2.05) is 19.2 Å². The van der Waals surface area contributed by atoms with Crippen molar-refractivity contribution in [2.24, 2.45) is 0 Å². The lowest BCUT2D eigenvalue weighted by Gasteiger charge is -2.17. The van der Waals surface area contributed by atoms with Gasteiger partial charge in [0.05, 0.1) is 7.11 Å². The average Bonchev–Trinajstić information content (AvgIpc) is 3.02. The van der Waals surface area contributed by atoms with Crippen molar-refractivity contribution >= 4 is 15.9 Å². The minimum atomic E-state index is 0.317. The summed E-state index contributed by atoms with van der Waals surface area (Å²) < 4.78 is 6.53. The normalized spacial score (nSPS) is 17.5. The number of nitrogens with one attached hydrogen (secondary N) is 1. The highest BCUT2D eigenvalue weighted by molar-refractivity contribution is 9.10. The van der Waals surface area contributed by atoms with E-state index >= 15 is 0 Å². The van der Waals surface area contributed by atoms with E-state index in [-0.39, 0.29) is 0 Å². The third-order valence-electron chi connectivity index (χ3n) is 3.19. The molecule has 0 aromatic heterocycles. The fraction of sp³-hybridized carbons (Fsp3) is 0.500. The van der Waals surface area contributed by atoms with Crippen LogP contribution >= 0.6 is 15.9 Å². The van der Waals surface area contributed by atoms with Gasteiger partial charge >= 0.3 is 0 Å². The Labute approximate surface area is 99.1 Å². The van der Waals surface area contributed by atoms with E-state index in [9.17, 15) is 0 Å². The minimum Gasteiger partial charge on any atom is -0.496 e. The summed E-state index contributed by atoms with van der Waals surface area (Å²) in [4.78, 5) is 0. The second-order valence-electron chi connectivity index (χ2n) is 4.13. The first kappa shape index (κ1) is 11.0. The zero-order valence-electron chi connectivity index (χ0n) is 9.14. The first-order valence-electron chi connectivity index (χ1n) is 5.21. The Morgan fingerprint density at radius 1 is 1.47 bits per heavy atom. The third-order valence-corrected chi connectivity index (χ3v) is 3.94. The number of benzene rings is 1. The van der Waals surface area contributed by atoms with Gasteiger partial charge in [0.1, 0.15) is 5.75 Å². The number of hydrogen-bond acceptors (Lipinski definition) is 2. The summed E-state index contributed by atoms with van der Waals surface area (Å²) in [6.45, 7) is 0. The lowest BCUT2D eigenvalue weighted by molar-refractivity contribution is 0.404. The van der Waals surface area contributed by atoms with E-state index in [4.69, 9.17) is 4.74 Å². The maximum Gasteiger partial charge on any atom is 0.123 e. The largest absolute Gasteiger partial charge is 0.496 e. The van der Waals surface area contributed by atoms with Crippen molar-refractivity contribution in [3.8, 4) is 5.75 Å². The molecule has 1 N–H and O–H groups in total. The van der Waals surface area contributed by atoms with Crippen molar-refractivity contribution in [2.75, 3.05) is 14.2 Å². The molecule has 1 aliphatic carbocycles. The van der Waals surface area contributed by atoms with Gasteiger partial charge in [0.2, 0.25) is 0 Å². The molecule has 0 aliphatic heterocycles. The van der Waals surface area contributed by atoms with Gasteiger partial charge in [0.15, 0.2) is 0 Å². The number of methoxy groups -OCH3 is 1. The fourth-order valence-corrected chi connectivity index (χ4v) is 2.39. The van der Waals surface area contributed by atoms with E-state index in [2.05, 4.69) is 27.3 Å². The maximum atomic E-state index is 5.39. The van der Waals surface area contributed by atoms with Gasteiger partial charge in [-0.15, -0.1) is 0 Å². The molecule has 82 valence electrons. The van der Waals surface area contributed by atoms with Crippen LogP contribution in [0.15, 0.2) is 22.7 Å². The lowest BCUT2D eigenvalue weighted by atomic mass is 10.0. The lowest BCUT2D eigenvalue weighted by Crippen LogP contribution is -2.29. The van der Waals surface area contributed by atoms with Crippen LogP contribution in [0.25, 0.3) is 0 Å². The van der Waals surface area contributed by atoms with Crippen LogP contribution in [0.5, 0.6) is 5.75 Å². The quantitative estimate of drug-likeness (QED) is 0.908. The summed E-state index contributed by atoms with van der Waals surface area (Å²) in [7, 11) is 3.76. The van der Waals surface area contributed by atoms with Gasteiger partial charge in [-0.25, -0.2) is 0 Å². The predicted octanol–water partition coefficient (Wildman–Crippen LogP) is 2.75. The number of ether oxygens (including phenoxy) is 1. The highest BCUT2D eigenvalue weighted by atomic mass is 79.9. The van der Waals surface area contributed by atoms with E-state index in [0.717, 1.165) is 16.6 Å². The molecule has 1 aromatic carbocycles. The second kappa shape index (κ2) is 4.14. The molecule has 2 nitrogen and oxygen atoms in total. The summed E-state index contributed by atoms with van der Waals surface area (Å²) in [5.41, 5.74) is 1.59. The van der Waals surface area contributed by atoms with Gasteiger partial charge in [-0.3, -0.25) is 0 Å². The topological polar surface area (TPSA) is 21.3 Å². The summed E-state index contributed by atoms with van der Waals surface area (Å²) in [5.74, 6) is 0.978. The van der Waals surface area contributed by atoms with Crippen LogP contribution in [0.2, 0.25) is 0 Å². The van der Waals surface area contributed by atoms with Crippen LogP contribution in [-0.2, 0) is 6.42 Å². The Hall–Kier alpha value is -0.540. The number of likely N-dealkylation sites (N-methyl/N-ethyl adjacent to an activating group) is 1. The molecule has 0 heterocycles. The van der Waals surface area contributed by atoms with Gasteiger partial charge in [0, 0.05) is 15.6 Å². The van der Waals surface area contributed by atoms with E-state index in [1.54, 1.807) is 7.11 Å². The van der Waals surface area contributed by atoms with Crippen molar-refractivity contribution in [1.82, 2.24) is 5.32 Å². The first-order valence-corrected chi connectivity index (χ1v) is 6.00. The second-order valence-corrected chi connectivity index (χ2v) is 4.98. The third kappa shape index (κ3) is 2.18. The zero-order valence-corrected chi connectivity index (χ0v) is 10.7. The van der Waals surface area contributed by atoms with Crippen LogP contribution in [0.1, 0.15) is 18.4 Å². The Kier molecular flexibility index (Phi) is 3.03. The average molecular weight is 270 g/mol. The van der Waals surface area contributed by atoms with Crippen molar-refractivity contribution in [3.05, 3.63) is 28.2 Å². The van der Waals surface area contributed by atoms with Crippen molar-refractivity contribution in [1.29, 1.82) is 0 Å². The molecule has 2 rings (SSSR count). The molecule has 1 fully saturated rings. The van der Waals surface area contributed by atoms with Crippen LogP contribution < -0.4 is 10.1 Å². The molecule has 1 aliphatic rings. The first-order chi connectivity index (χ1) is 7.21. The van der Waals surface area contributed by atoms with Crippen LogP contribution in [0.4, 0.5) is 0 Å². The van der Waals surface area contributed by atoms with Crippen molar-refractivity contribution < 1.29 is 4.74 Å². The fourth-order valence-electron chi connectivity index (χ4n) is 1.91. The molecule has 15 heavy (non-hydrogen) atoms. The molecule has 0 bridgehead atoms. The maximum absolute atomic E-state index is 5.39. The van der Waals surface area contributed by atoms with Crippen LogP contribution in [-0.4, -0.2) is 19.7 Å². The Morgan fingerprint density at radius 3 is 2.73 bits per heavy atom. The van der Waals surface area contributed by atoms with Crippen LogP contribution in [0, 0.1) is 0 Å². The molecule has 0 saturated heterocycles. The summed E-state index contributed by atoms with van der Waals surface area (Å²) in [6, 6.07) is 6.10. The Morgan fingerprint density at radius 2 is 2.20 bits per heavy atom. The smallest absolute Gasteiger partial charge is 0.123 e. The van der Waals surface area contributed by atoms with Gasteiger partial charge in [-0.1, -0.05) is 22.0 Å². The van der Waals surface area contributed by atoms with Gasteiger partial charge in [-0.2, -0.15) is 0 Å². The van der Waals surface area contributed by atoms with E-state index in [1.165, 1.54) is 18.4 Å². The van der Waals surface area contributed by atoms with Crippen LogP contribution in [0.3, 0.4) is 0 Å². The standard InChI is InChI=1S/C12H16BrNO/c1-14-12(6-7-12)8-9-10(13)4-3-5-11(9)15-2/h3-5,14H,6-8H2,1-2H3. The molecule has 0 unspecified atom stereocenters. The molecule has 0 atom stereocenters. The summed E-state index contributed by atoms with van der Waals surface area (Å²) >= 11 is 3.59. The van der Waals surface area contributed by atoms with Gasteiger partial charge < -0.3 is 10.1 Å². The monoisotopic (exact) mass is 269 g/mol. The molecule has 0 radical (unpaired) electrons. The zero-order chi connectivity index (χ0) is 10.9. The number of hydrogen-bond donors (Lipinski definition) is 1. The van der Waals surface area contributed by atoms with Gasteiger partial charge in [-0.05, 0) is 38.4 Å². The van der Waals surface area contributed by atoms with Crippen molar-refractivity contribution in [2.45, 2.75) is 24.8 Å². The predicted molar refractivity (Wildman–Crippen MR) is 65.4 cm³/mol. The SMILES string of the molecule is CNC1(Cc2c(Br)cccc2OC)CC1. The number of rotatable bonds is 4. The highest BCUT2D eigenvalue weighted by Gasteiger charge is 2.41. The summed E-state index contributed by atoms with van der Waals surface area (Å²) in [5, 5.41) is 3.40. The Bertz CT molecular complexity index is 361. The van der Waals surface area contributed by atoms with Crippen molar-refractivity contribution in [3.63, 3.8) is 0 Å². The summed E-state index contributed by atoms with van der Waals surface area (Å²) in [6.07, 6.45) is 3.55. The molecule has 1 aromatic rings. The molecule has 1 saturated carbocycles. The van der Waals surface area contributed by atoms with E-state index < -0.39 is 0 Å². The minimum absolute atomic E-state index is 0.317. The molecular formula is C12H16BrNO. The van der Waals surface area contributed by atoms with E-state index in [0.29, 0.717) is 5.54 Å². The molecular weight excluding hydrogens is 254 g/mol. The Balaban J connectivity index is 2.26. The highest BCUT2D eigenvalue weighted by Crippen LogP contribution is 2.41. The molecule has 0 spiro atoms. The molecule has 0 amide bonds. The van der Waals surface area contributed by atoms with Gasteiger partial charge in [0.25, 0.3) is 0 Å². The number of halogens is 1.